The molecule has 8 nitrogen and oxygen atoms in total. The van der Waals surface area contributed by atoms with Gasteiger partial charge in [-0.05, 0) is 30.3 Å². The number of aromatic nitrogens is 2. The Hall–Kier alpha value is -3.81. The molecule has 8 heteroatoms. The summed E-state index contributed by atoms with van der Waals surface area (Å²) in [6.07, 6.45) is 2.83. The zero-order chi connectivity index (χ0) is 21.2. The molecule has 0 spiro atoms. The molecule has 5 rings (SSSR count). The van der Waals surface area contributed by atoms with Crippen LogP contribution in [0.25, 0.3) is 5.69 Å². The first-order valence-electron chi connectivity index (χ1n) is 10.3. The number of carbonyl (C=O) groups excluding carboxylic acids is 2. The fraction of sp³-hybridized carbons (Fsp3) is 0.261. The number of hydrogen-bond acceptors (Lipinski definition) is 5. The molecule has 2 amide bonds. The van der Waals surface area contributed by atoms with Crippen LogP contribution in [0, 0.1) is 0 Å². The van der Waals surface area contributed by atoms with Crippen molar-refractivity contribution in [1.29, 1.82) is 0 Å². The molecule has 31 heavy (non-hydrogen) atoms. The maximum absolute atomic E-state index is 13.2. The summed E-state index contributed by atoms with van der Waals surface area (Å²) in [7, 11) is 0. The summed E-state index contributed by atoms with van der Waals surface area (Å²) in [5.74, 6) is 1.05. The third-order valence-corrected chi connectivity index (χ3v) is 5.55. The summed E-state index contributed by atoms with van der Waals surface area (Å²) >= 11 is 0. The van der Waals surface area contributed by atoms with E-state index >= 15 is 0 Å². The molecule has 0 bridgehead atoms. The van der Waals surface area contributed by atoms with Crippen molar-refractivity contribution in [2.24, 2.45) is 0 Å². The van der Waals surface area contributed by atoms with E-state index in [9.17, 15) is 9.59 Å². The minimum Gasteiger partial charge on any atom is -0.485 e. The van der Waals surface area contributed by atoms with Gasteiger partial charge in [-0.3, -0.25) is 9.59 Å². The molecule has 1 atom stereocenters. The maximum atomic E-state index is 13.2. The van der Waals surface area contributed by atoms with Crippen molar-refractivity contribution in [2.75, 3.05) is 32.8 Å². The predicted octanol–water partition coefficient (Wildman–Crippen LogP) is 2.00. The lowest BCUT2D eigenvalue weighted by Crippen LogP contribution is -2.55. The van der Waals surface area contributed by atoms with E-state index in [2.05, 4.69) is 5.10 Å². The van der Waals surface area contributed by atoms with Gasteiger partial charge in [-0.1, -0.05) is 24.3 Å². The molecule has 2 aliphatic heterocycles. The van der Waals surface area contributed by atoms with E-state index < -0.39 is 6.10 Å². The van der Waals surface area contributed by atoms with Gasteiger partial charge in [-0.2, -0.15) is 5.10 Å². The molecule has 158 valence electrons. The highest BCUT2D eigenvalue weighted by molar-refractivity contribution is 5.98. The summed E-state index contributed by atoms with van der Waals surface area (Å²) in [6, 6.07) is 16.6. The molecule has 0 unspecified atom stereocenters. The number of hydrogen-bond donors (Lipinski definition) is 0. The van der Waals surface area contributed by atoms with E-state index in [0.717, 1.165) is 5.69 Å². The Labute approximate surface area is 179 Å². The van der Waals surface area contributed by atoms with Crippen LogP contribution in [0.3, 0.4) is 0 Å². The van der Waals surface area contributed by atoms with E-state index in [1.165, 1.54) is 0 Å². The molecule has 1 saturated heterocycles. The van der Waals surface area contributed by atoms with Crippen molar-refractivity contribution in [3.8, 4) is 17.2 Å². The average molecular weight is 418 g/mol. The fourth-order valence-corrected chi connectivity index (χ4v) is 3.91. The number of amides is 2. The van der Waals surface area contributed by atoms with Gasteiger partial charge in [0.25, 0.3) is 11.8 Å². The second-order valence-electron chi connectivity index (χ2n) is 7.45. The van der Waals surface area contributed by atoms with E-state index in [-0.39, 0.29) is 18.4 Å². The number of benzene rings is 2. The Bertz CT molecular complexity index is 1090. The maximum Gasteiger partial charge on any atom is 0.267 e. The van der Waals surface area contributed by atoms with E-state index in [4.69, 9.17) is 9.47 Å². The van der Waals surface area contributed by atoms with Gasteiger partial charge < -0.3 is 19.3 Å². The van der Waals surface area contributed by atoms with Crippen LogP contribution in [0.2, 0.25) is 0 Å². The van der Waals surface area contributed by atoms with Gasteiger partial charge in [0.2, 0.25) is 6.10 Å². The summed E-state index contributed by atoms with van der Waals surface area (Å²) in [6.45, 7) is 2.02. The molecule has 2 aliphatic rings. The van der Waals surface area contributed by atoms with E-state index in [1.807, 2.05) is 54.7 Å². The number of carbonyl (C=O) groups is 2. The Morgan fingerprint density at radius 1 is 0.871 bits per heavy atom. The van der Waals surface area contributed by atoms with Gasteiger partial charge >= 0.3 is 0 Å². The average Bonchev–Trinajstić information content (AvgIpc) is 3.38. The molecule has 0 radical (unpaired) electrons. The van der Waals surface area contributed by atoms with Gasteiger partial charge in [0.1, 0.15) is 6.61 Å². The van der Waals surface area contributed by atoms with Crippen LogP contribution in [0.5, 0.6) is 11.5 Å². The van der Waals surface area contributed by atoms with Crippen molar-refractivity contribution in [3.05, 3.63) is 72.6 Å². The SMILES string of the molecule is O=C(c1ccccc1-n1cccn1)N1CCN(C(=O)[C@H]2COc3ccccc3O2)CC1. The normalized spacial score (nSPS) is 18.0. The Kier molecular flexibility index (Phi) is 5.03. The number of para-hydroxylation sites is 3. The van der Waals surface area contributed by atoms with Crippen LogP contribution in [0.15, 0.2) is 67.0 Å². The van der Waals surface area contributed by atoms with Crippen molar-refractivity contribution in [2.45, 2.75) is 6.10 Å². The highest BCUT2D eigenvalue weighted by Gasteiger charge is 2.33. The molecule has 0 N–H and O–H groups in total. The first kappa shape index (κ1) is 19.2. The largest absolute Gasteiger partial charge is 0.485 e. The van der Waals surface area contributed by atoms with Gasteiger partial charge in [0.05, 0.1) is 11.3 Å². The van der Waals surface area contributed by atoms with E-state index in [0.29, 0.717) is 43.2 Å². The first-order valence-corrected chi connectivity index (χ1v) is 10.3. The monoisotopic (exact) mass is 418 g/mol. The van der Waals surface area contributed by atoms with Crippen molar-refractivity contribution >= 4 is 11.8 Å². The molecule has 1 aromatic heterocycles. The third kappa shape index (κ3) is 3.72. The Morgan fingerprint density at radius 2 is 1.58 bits per heavy atom. The number of rotatable bonds is 3. The summed E-state index contributed by atoms with van der Waals surface area (Å²) in [4.78, 5) is 29.6. The lowest BCUT2D eigenvalue weighted by atomic mass is 10.1. The summed E-state index contributed by atoms with van der Waals surface area (Å²) in [5, 5.41) is 4.25. The number of nitrogens with zero attached hydrogens (tertiary/aromatic N) is 4. The van der Waals surface area contributed by atoms with Gasteiger partial charge in [0, 0.05) is 38.6 Å². The number of ether oxygens (including phenoxy) is 2. The highest BCUT2D eigenvalue weighted by Crippen LogP contribution is 2.31. The summed E-state index contributed by atoms with van der Waals surface area (Å²) < 4.78 is 13.2. The first-order chi connectivity index (χ1) is 15.2. The zero-order valence-electron chi connectivity index (χ0n) is 16.9. The van der Waals surface area contributed by atoms with Crippen LogP contribution in [0.4, 0.5) is 0 Å². The van der Waals surface area contributed by atoms with Crippen molar-refractivity contribution in [3.63, 3.8) is 0 Å². The highest BCUT2D eigenvalue weighted by atomic mass is 16.6. The second kappa shape index (κ2) is 8.14. The quantitative estimate of drug-likeness (QED) is 0.650. The molecular formula is C23H22N4O4. The van der Waals surface area contributed by atoms with Crippen LogP contribution in [0.1, 0.15) is 10.4 Å². The van der Waals surface area contributed by atoms with Crippen LogP contribution in [-0.4, -0.2) is 70.3 Å². The van der Waals surface area contributed by atoms with Crippen LogP contribution >= 0.6 is 0 Å². The summed E-state index contributed by atoms with van der Waals surface area (Å²) in [5.41, 5.74) is 1.33. The van der Waals surface area contributed by atoms with Crippen molar-refractivity contribution < 1.29 is 19.1 Å². The lowest BCUT2D eigenvalue weighted by Gasteiger charge is -2.37. The molecule has 3 aromatic rings. The molecular weight excluding hydrogens is 396 g/mol. The predicted molar refractivity (Wildman–Crippen MR) is 112 cm³/mol. The lowest BCUT2D eigenvalue weighted by molar-refractivity contribution is -0.142. The van der Waals surface area contributed by atoms with Crippen molar-refractivity contribution in [1.82, 2.24) is 19.6 Å². The minimum atomic E-state index is -0.669. The van der Waals surface area contributed by atoms with E-state index in [1.54, 1.807) is 26.7 Å². The molecule has 0 aliphatic carbocycles. The van der Waals surface area contributed by atoms with Gasteiger partial charge in [-0.15, -0.1) is 0 Å². The topological polar surface area (TPSA) is 76.9 Å². The molecule has 3 heterocycles. The number of piperazine rings is 1. The molecule has 2 aromatic carbocycles. The number of fused-ring (bicyclic) bond motifs is 1. The van der Waals surface area contributed by atoms with Crippen LogP contribution < -0.4 is 9.47 Å². The fourth-order valence-electron chi connectivity index (χ4n) is 3.91. The van der Waals surface area contributed by atoms with Gasteiger partial charge in [0.15, 0.2) is 11.5 Å². The molecule has 0 saturated carbocycles. The molecule has 1 fully saturated rings. The Balaban J connectivity index is 1.23. The third-order valence-electron chi connectivity index (χ3n) is 5.55. The van der Waals surface area contributed by atoms with Gasteiger partial charge in [-0.25, -0.2) is 4.68 Å². The standard InChI is InChI=1S/C23H22N4O4/c28-22(17-6-1-2-7-18(17)27-11-5-10-24-27)25-12-14-26(15-13-25)23(29)21-16-30-19-8-3-4-9-20(19)31-21/h1-11,21H,12-16H2/t21-/m1/s1. The zero-order valence-corrected chi connectivity index (χ0v) is 16.9. The second-order valence-corrected chi connectivity index (χ2v) is 7.45. The minimum absolute atomic E-state index is 0.0654. The smallest absolute Gasteiger partial charge is 0.267 e. The Morgan fingerprint density at radius 3 is 2.35 bits per heavy atom. The van der Waals surface area contributed by atoms with Crippen LogP contribution in [-0.2, 0) is 4.79 Å².